The van der Waals surface area contributed by atoms with Crippen molar-refractivity contribution in [2.45, 2.75) is 46.6 Å². The molecule has 0 bridgehead atoms. The summed E-state index contributed by atoms with van der Waals surface area (Å²) in [5.41, 5.74) is 6.14. The normalized spacial score (nSPS) is 11.5. The Morgan fingerprint density at radius 2 is 2.00 bits per heavy atom. The Hall–Kier alpha value is -1.86. The van der Waals surface area contributed by atoms with Gasteiger partial charge in [0.25, 0.3) is 5.91 Å². The number of aromatic nitrogens is 1. The molecule has 1 heterocycles. The number of pyridine rings is 1. The molecule has 1 rings (SSSR count). The van der Waals surface area contributed by atoms with Gasteiger partial charge in [-0.25, -0.2) is 4.98 Å². The third-order valence-corrected chi connectivity index (χ3v) is 2.77. The summed E-state index contributed by atoms with van der Waals surface area (Å²) in [6.45, 7) is 10.7. The summed E-state index contributed by atoms with van der Waals surface area (Å²) in [5, 5.41) is 3.05. The van der Waals surface area contributed by atoms with Crippen LogP contribution in [-0.4, -0.2) is 23.0 Å². The first-order valence-electron chi connectivity index (χ1n) is 7.11. The lowest BCUT2D eigenvalue weighted by molar-refractivity contribution is 0.0886. The van der Waals surface area contributed by atoms with Crippen LogP contribution < -0.4 is 11.1 Å². The van der Waals surface area contributed by atoms with Crippen molar-refractivity contribution < 1.29 is 4.79 Å². The Morgan fingerprint density at radius 3 is 2.57 bits per heavy atom. The van der Waals surface area contributed by atoms with Crippen molar-refractivity contribution in [1.29, 1.82) is 0 Å². The Bertz CT molecular complexity index is 559. The summed E-state index contributed by atoms with van der Waals surface area (Å²) in [5.74, 6) is 5.45. The number of hydrogen-bond donors (Lipinski definition) is 2. The number of carbonyl (C=O) groups excluding carboxylic acids is 1. The summed E-state index contributed by atoms with van der Waals surface area (Å²) in [4.78, 5) is 16.6. The van der Waals surface area contributed by atoms with Crippen LogP contribution in [0.15, 0.2) is 18.3 Å². The van der Waals surface area contributed by atoms with Gasteiger partial charge in [-0.1, -0.05) is 32.6 Å². The largest absolute Gasteiger partial charge is 0.346 e. The minimum Gasteiger partial charge on any atom is -0.346 e. The second-order valence-corrected chi connectivity index (χ2v) is 6.98. The molecule has 1 amide bonds. The van der Waals surface area contributed by atoms with Gasteiger partial charge in [-0.3, -0.25) is 4.79 Å². The first-order chi connectivity index (χ1) is 9.64. The number of nitrogens with one attached hydrogen (secondary N) is 1. The van der Waals surface area contributed by atoms with Gasteiger partial charge < -0.3 is 11.1 Å². The summed E-state index contributed by atoms with van der Waals surface area (Å²) >= 11 is 0. The molecule has 1 aromatic rings. The summed E-state index contributed by atoms with van der Waals surface area (Å²) < 4.78 is 0. The molecule has 0 atom stereocenters. The van der Waals surface area contributed by atoms with Crippen LogP contribution in [0, 0.1) is 17.3 Å². The molecule has 0 saturated heterocycles. The number of carbonyl (C=O) groups is 1. The molecule has 0 radical (unpaired) electrons. The lowest BCUT2D eigenvalue weighted by atomic mass is 9.81. The molecule has 0 aromatic carbocycles. The average Bonchev–Trinajstić information content (AvgIpc) is 2.33. The molecule has 0 aliphatic rings. The molecule has 21 heavy (non-hydrogen) atoms. The first-order valence-corrected chi connectivity index (χ1v) is 7.11. The molecule has 0 unspecified atom stereocenters. The minimum absolute atomic E-state index is 0.128. The summed E-state index contributed by atoms with van der Waals surface area (Å²) in [6, 6.07) is 3.54. The maximum atomic E-state index is 12.5. The van der Waals surface area contributed by atoms with Gasteiger partial charge in [0.05, 0.1) is 12.1 Å². The highest BCUT2D eigenvalue weighted by molar-refractivity contribution is 5.95. The number of amides is 1. The lowest BCUT2D eigenvalue weighted by Gasteiger charge is -2.33. The standard InChI is InChI=1S/C17H25N3O/c1-16(2,3)12-17(4,5)20-15(21)14-13(8-6-10-18)9-7-11-19-14/h7,9,11H,10,12,18H2,1-5H3,(H,20,21). The van der Waals surface area contributed by atoms with Gasteiger partial charge in [0, 0.05) is 11.7 Å². The van der Waals surface area contributed by atoms with Crippen molar-refractivity contribution in [1.82, 2.24) is 10.3 Å². The molecule has 1 aromatic heterocycles. The van der Waals surface area contributed by atoms with Crippen molar-refractivity contribution in [2.75, 3.05) is 6.54 Å². The van der Waals surface area contributed by atoms with E-state index in [1.165, 1.54) is 0 Å². The zero-order valence-corrected chi connectivity index (χ0v) is 13.6. The molecule has 0 spiro atoms. The van der Waals surface area contributed by atoms with E-state index in [-0.39, 0.29) is 23.4 Å². The second kappa shape index (κ2) is 6.73. The first kappa shape index (κ1) is 17.2. The summed E-state index contributed by atoms with van der Waals surface area (Å²) in [6.07, 6.45) is 2.46. The van der Waals surface area contributed by atoms with Crippen LogP contribution in [0.1, 0.15) is 57.1 Å². The Kier molecular flexibility index (Phi) is 5.51. The van der Waals surface area contributed by atoms with Gasteiger partial charge >= 0.3 is 0 Å². The highest BCUT2D eigenvalue weighted by atomic mass is 16.2. The van der Waals surface area contributed by atoms with E-state index < -0.39 is 0 Å². The lowest BCUT2D eigenvalue weighted by Crippen LogP contribution is -2.46. The highest BCUT2D eigenvalue weighted by Gasteiger charge is 2.28. The van der Waals surface area contributed by atoms with E-state index in [0.717, 1.165) is 6.42 Å². The quantitative estimate of drug-likeness (QED) is 0.838. The van der Waals surface area contributed by atoms with Gasteiger partial charge in [-0.15, -0.1) is 0 Å². The SMILES string of the molecule is CC(C)(C)CC(C)(C)NC(=O)c1ncccc1C#CCN. The number of nitrogens with two attached hydrogens (primary N) is 1. The highest BCUT2D eigenvalue weighted by Crippen LogP contribution is 2.27. The molecule has 114 valence electrons. The van der Waals surface area contributed by atoms with E-state index in [0.29, 0.717) is 11.3 Å². The predicted octanol–water partition coefficient (Wildman–Crippen LogP) is 2.34. The monoisotopic (exact) mass is 287 g/mol. The van der Waals surface area contributed by atoms with Crippen molar-refractivity contribution in [3.8, 4) is 11.8 Å². The number of rotatable bonds is 3. The van der Waals surface area contributed by atoms with Crippen LogP contribution >= 0.6 is 0 Å². The molecule has 0 saturated carbocycles. The smallest absolute Gasteiger partial charge is 0.271 e. The van der Waals surface area contributed by atoms with E-state index in [9.17, 15) is 4.79 Å². The zero-order valence-electron chi connectivity index (χ0n) is 13.6. The molecular weight excluding hydrogens is 262 g/mol. The van der Waals surface area contributed by atoms with Crippen LogP contribution in [0.2, 0.25) is 0 Å². The third kappa shape index (κ3) is 5.97. The minimum atomic E-state index is -0.314. The van der Waals surface area contributed by atoms with E-state index >= 15 is 0 Å². The van der Waals surface area contributed by atoms with Gasteiger partial charge in [0.2, 0.25) is 0 Å². The maximum absolute atomic E-state index is 12.5. The van der Waals surface area contributed by atoms with Gasteiger partial charge in [0.15, 0.2) is 0 Å². The fraction of sp³-hybridized carbons (Fsp3) is 0.529. The number of hydrogen-bond acceptors (Lipinski definition) is 3. The Morgan fingerprint density at radius 1 is 1.33 bits per heavy atom. The van der Waals surface area contributed by atoms with Crippen molar-refractivity contribution >= 4 is 5.91 Å². The topological polar surface area (TPSA) is 68.0 Å². The molecule has 4 nitrogen and oxygen atoms in total. The molecule has 0 aliphatic heterocycles. The fourth-order valence-corrected chi connectivity index (χ4v) is 2.57. The van der Waals surface area contributed by atoms with Crippen molar-refractivity contribution in [3.05, 3.63) is 29.6 Å². The van der Waals surface area contributed by atoms with Crippen LogP contribution in [0.25, 0.3) is 0 Å². The maximum Gasteiger partial charge on any atom is 0.271 e. The van der Waals surface area contributed by atoms with Crippen LogP contribution in [0.5, 0.6) is 0 Å². The predicted molar refractivity (Wildman–Crippen MR) is 85.8 cm³/mol. The van der Waals surface area contributed by atoms with Crippen LogP contribution in [0.4, 0.5) is 0 Å². The van der Waals surface area contributed by atoms with Crippen molar-refractivity contribution in [2.24, 2.45) is 11.1 Å². The Labute approximate surface area is 127 Å². The van der Waals surface area contributed by atoms with E-state index in [4.69, 9.17) is 5.73 Å². The zero-order chi connectivity index (χ0) is 16.1. The van der Waals surface area contributed by atoms with Crippen LogP contribution in [-0.2, 0) is 0 Å². The average molecular weight is 287 g/mol. The fourth-order valence-electron chi connectivity index (χ4n) is 2.57. The van der Waals surface area contributed by atoms with Gasteiger partial charge in [-0.2, -0.15) is 0 Å². The molecule has 4 heteroatoms. The van der Waals surface area contributed by atoms with Crippen molar-refractivity contribution in [3.63, 3.8) is 0 Å². The molecule has 0 fully saturated rings. The molecule has 3 N–H and O–H groups in total. The third-order valence-electron chi connectivity index (χ3n) is 2.77. The molecule has 0 aliphatic carbocycles. The summed E-state index contributed by atoms with van der Waals surface area (Å²) in [7, 11) is 0. The van der Waals surface area contributed by atoms with E-state index in [2.05, 4.69) is 42.9 Å². The second-order valence-electron chi connectivity index (χ2n) is 6.98. The van der Waals surface area contributed by atoms with Gasteiger partial charge in [-0.05, 0) is 37.8 Å². The Balaban J connectivity index is 2.95. The van der Waals surface area contributed by atoms with E-state index in [1.54, 1.807) is 18.3 Å². The molecular formula is C17H25N3O. The van der Waals surface area contributed by atoms with E-state index in [1.807, 2.05) is 13.8 Å². The van der Waals surface area contributed by atoms with Crippen LogP contribution in [0.3, 0.4) is 0 Å². The number of nitrogens with zero attached hydrogens (tertiary/aromatic N) is 1. The van der Waals surface area contributed by atoms with Gasteiger partial charge in [0.1, 0.15) is 5.69 Å².